The molecule has 0 amide bonds. The van der Waals surface area contributed by atoms with Crippen LogP contribution < -0.4 is 25.7 Å². The topological polar surface area (TPSA) is 114 Å². The average Bonchev–Trinajstić information content (AvgIpc) is 2.76. The molecular formula is C21H23N5O4. The molecule has 156 valence electrons. The van der Waals surface area contributed by atoms with E-state index in [2.05, 4.69) is 14.8 Å². The van der Waals surface area contributed by atoms with Gasteiger partial charge in [0.05, 0.1) is 23.7 Å². The van der Waals surface area contributed by atoms with Gasteiger partial charge in [-0.15, -0.1) is 0 Å². The second kappa shape index (κ2) is 7.58. The Bertz CT molecular complexity index is 1170. The number of hydrogen-bond acceptors (Lipinski definition) is 7. The van der Waals surface area contributed by atoms with Crippen LogP contribution >= 0.6 is 0 Å². The number of piperazine rings is 1. The summed E-state index contributed by atoms with van der Waals surface area (Å²) in [5.74, 6) is 0.122. The van der Waals surface area contributed by atoms with Gasteiger partial charge in [-0.25, -0.2) is 9.78 Å². The number of nitrogens with two attached hydrogens (primary N) is 1. The number of nitrogens with zero attached hydrogens (tertiary/aromatic N) is 4. The van der Waals surface area contributed by atoms with Gasteiger partial charge in [0.2, 0.25) is 5.43 Å². The van der Waals surface area contributed by atoms with E-state index in [9.17, 15) is 14.7 Å². The van der Waals surface area contributed by atoms with Crippen molar-refractivity contribution in [3.8, 4) is 5.75 Å². The van der Waals surface area contributed by atoms with Crippen molar-refractivity contribution < 1.29 is 14.6 Å². The third-order valence-electron chi connectivity index (χ3n) is 5.43. The monoisotopic (exact) mass is 409 g/mol. The minimum atomic E-state index is -1.27. The lowest BCUT2D eigenvalue weighted by Crippen LogP contribution is -2.47. The molecule has 30 heavy (non-hydrogen) atoms. The number of benzene rings is 1. The van der Waals surface area contributed by atoms with Crippen LogP contribution in [0, 0.1) is 0 Å². The van der Waals surface area contributed by atoms with Crippen LogP contribution in [0.2, 0.25) is 0 Å². The fourth-order valence-corrected chi connectivity index (χ4v) is 4.01. The molecule has 9 heteroatoms. The lowest BCUT2D eigenvalue weighted by Gasteiger charge is -2.38. The Morgan fingerprint density at radius 1 is 1.20 bits per heavy atom. The zero-order chi connectivity index (χ0) is 21.4. The molecular weight excluding hydrogens is 386 g/mol. The number of pyridine rings is 2. The Morgan fingerprint density at radius 3 is 2.50 bits per heavy atom. The number of aromatic carboxylic acids is 1. The molecule has 9 nitrogen and oxygen atoms in total. The number of aromatic nitrogens is 2. The molecule has 0 bridgehead atoms. The Hall–Kier alpha value is -3.75. The molecule has 1 saturated heterocycles. The van der Waals surface area contributed by atoms with Gasteiger partial charge in [0, 0.05) is 45.6 Å². The van der Waals surface area contributed by atoms with E-state index >= 15 is 0 Å². The second-order valence-corrected chi connectivity index (χ2v) is 7.19. The highest BCUT2D eigenvalue weighted by Gasteiger charge is 2.26. The minimum Gasteiger partial charge on any atom is -0.492 e. The third kappa shape index (κ3) is 3.18. The molecule has 2 aromatic heterocycles. The maximum atomic E-state index is 12.7. The quantitative estimate of drug-likeness (QED) is 0.624. The van der Waals surface area contributed by atoms with Gasteiger partial charge in [-0.05, 0) is 18.2 Å². The maximum absolute atomic E-state index is 12.7. The number of ether oxygens (including phenoxy) is 1. The van der Waals surface area contributed by atoms with Gasteiger partial charge in [-0.1, -0.05) is 6.07 Å². The Labute approximate surface area is 172 Å². The molecule has 0 saturated carbocycles. The molecule has 0 atom stereocenters. The molecule has 0 unspecified atom stereocenters. The SMILES string of the molecule is COc1c(N2CCN(c3ccccn3)CC2)c(N)cc2c(=O)c(C(=O)O)cn(C)c12. The Morgan fingerprint density at radius 2 is 1.90 bits per heavy atom. The highest BCUT2D eigenvalue weighted by atomic mass is 16.5. The van der Waals surface area contributed by atoms with Gasteiger partial charge in [0.15, 0.2) is 5.75 Å². The van der Waals surface area contributed by atoms with E-state index in [0.29, 0.717) is 35.7 Å². The van der Waals surface area contributed by atoms with Crippen molar-refractivity contribution in [2.24, 2.45) is 7.05 Å². The number of methoxy groups -OCH3 is 1. The molecule has 1 aromatic carbocycles. The highest BCUT2D eigenvalue weighted by Crippen LogP contribution is 2.40. The van der Waals surface area contributed by atoms with Crippen LogP contribution in [-0.4, -0.2) is 53.9 Å². The van der Waals surface area contributed by atoms with Gasteiger partial charge < -0.3 is 29.9 Å². The highest BCUT2D eigenvalue weighted by molar-refractivity contribution is 6.00. The molecule has 0 spiro atoms. The first-order valence-electron chi connectivity index (χ1n) is 9.56. The van der Waals surface area contributed by atoms with Crippen molar-refractivity contribution in [3.63, 3.8) is 0 Å². The van der Waals surface area contributed by atoms with E-state index in [-0.39, 0.29) is 10.9 Å². The van der Waals surface area contributed by atoms with E-state index < -0.39 is 11.4 Å². The van der Waals surface area contributed by atoms with Gasteiger partial charge in [-0.2, -0.15) is 0 Å². The number of nitrogen functional groups attached to an aromatic ring is 1. The van der Waals surface area contributed by atoms with E-state index in [4.69, 9.17) is 10.5 Å². The summed E-state index contributed by atoms with van der Waals surface area (Å²) < 4.78 is 7.29. The normalized spacial score (nSPS) is 14.2. The molecule has 3 N–H and O–H groups in total. The molecule has 0 aliphatic carbocycles. The molecule has 0 radical (unpaired) electrons. The summed E-state index contributed by atoms with van der Waals surface area (Å²) in [5.41, 5.74) is 7.07. The van der Waals surface area contributed by atoms with Crippen molar-refractivity contribution in [3.05, 3.63) is 52.4 Å². The Balaban J connectivity index is 1.76. The standard InChI is InChI=1S/C21H23N5O4/c1-24-12-14(21(28)29)19(27)13-11-15(22)18(20(30-2)17(13)24)26-9-7-25(8-10-26)16-5-3-4-6-23-16/h3-6,11-12H,7-10,22H2,1-2H3,(H,28,29). The first-order valence-corrected chi connectivity index (χ1v) is 9.56. The van der Waals surface area contributed by atoms with Gasteiger partial charge in [-0.3, -0.25) is 4.79 Å². The first-order chi connectivity index (χ1) is 14.4. The fourth-order valence-electron chi connectivity index (χ4n) is 4.01. The number of aryl methyl sites for hydroxylation is 1. The lowest BCUT2D eigenvalue weighted by atomic mass is 10.1. The molecule has 1 fully saturated rings. The summed E-state index contributed by atoms with van der Waals surface area (Å²) in [7, 11) is 3.22. The summed E-state index contributed by atoms with van der Waals surface area (Å²) in [6.07, 6.45) is 3.09. The van der Waals surface area contributed by atoms with Crippen LogP contribution in [0.25, 0.3) is 10.9 Å². The summed E-state index contributed by atoms with van der Waals surface area (Å²) in [6, 6.07) is 7.38. The number of carboxylic acid groups (broad SMARTS) is 1. The molecule has 1 aliphatic rings. The van der Waals surface area contributed by atoms with Crippen molar-refractivity contribution in [1.82, 2.24) is 9.55 Å². The number of anilines is 3. The van der Waals surface area contributed by atoms with E-state index in [1.54, 1.807) is 23.9 Å². The summed E-state index contributed by atoms with van der Waals surface area (Å²) in [4.78, 5) is 32.9. The van der Waals surface area contributed by atoms with E-state index in [0.717, 1.165) is 18.9 Å². The summed E-state index contributed by atoms with van der Waals surface area (Å²) in [6.45, 7) is 2.91. The van der Waals surface area contributed by atoms with Gasteiger partial charge in [0.25, 0.3) is 0 Å². The predicted molar refractivity (Wildman–Crippen MR) is 116 cm³/mol. The summed E-state index contributed by atoms with van der Waals surface area (Å²) in [5, 5.41) is 9.55. The number of carboxylic acids is 1. The van der Waals surface area contributed by atoms with Crippen molar-refractivity contribution >= 4 is 34.1 Å². The number of hydrogen-bond donors (Lipinski definition) is 2. The van der Waals surface area contributed by atoms with Crippen molar-refractivity contribution in [1.29, 1.82) is 0 Å². The fraction of sp³-hybridized carbons (Fsp3) is 0.286. The van der Waals surface area contributed by atoms with Crippen LogP contribution in [0.3, 0.4) is 0 Å². The lowest BCUT2D eigenvalue weighted by molar-refractivity contribution is 0.0695. The largest absolute Gasteiger partial charge is 0.492 e. The molecule has 3 aromatic rings. The van der Waals surface area contributed by atoms with E-state index in [1.807, 2.05) is 18.2 Å². The van der Waals surface area contributed by atoms with Crippen molar-refractivity contribution in [2.45, 2.75) is 0 Å². The zero-order valence-corrected chi connectivity index (χ0v) is 16.8. The van der Waals surface area contributed by atoms with Crippen LogP contribution in [-0.2, 0) is 7.05 Å². The third-order valence-corrected chi connectivity index (χ3v) is 5.43. The van der Waals surface area contributed by atoms with Crippen molar-refractivity contribution in [2.75, 3.05) is 48.8 Å². The zero-order valence-electron chi connectivity index (χ0n) is 16.8. The Kier molecular flexibility index (Phi) is 4.94. The van der Waals surface area contributed by atoms with Crippen LogP contribution in [0.15, 0.2) is 41.5 Å². The van der Waals surface area contributed by atoms with Gasteiger partial charge >= 0.3 is 5.97 Å². The van der Waals surface area contributed by atoms with Crippen LogP contribution in [0.4, 0.5) is 17.2 Å². The predicted octanol–water partition coefficient (Wildman–Crippen LogP) is 1.55. The molecule has 4 rings (SSSR count). The molecule has 3 heterocycles. The van der Waals surface area contributed by atoms with Crippen LogP contribution in [0.1, 0.15) is 10.4 Å². The number of carbonyl (C=O) groups is 1. The molecule has 1 aliphatic heterocycles. The van der Waals surface area contributed by atoms with E-state index in [1.165, 1.54) is 13.3 Å². The first kappa shape index (κ1) is 19.6. The number of fused-ring (bicyclic) bond motifs is 1. The number of rotatable bonds is 4. The second-order valence-electron chi connectivity index (χ2n) is 7.19. The average molecular weight is 409 g/mol. The maximum Gasteiger partial charge on any atom is 0.341 e. The smallest absolute Gasteiger partial charge is 0.341 e. The van der Waals surface area contributed by atoms with Crippen LogP contribution in [0.5, 0.6) is 5.75 Å². The summed E-state index contributed by atoms with van der Waals surface area (Å²) >= 11 is 0. The van der Waals surface area contributed by atoms with Gasteiger partial charge in [0.1, 0.15) is 17.1 Å². The minimum absolute atomic E-state index is 0.225.